The topological polar surface area (TPSA) is 46.5 Å². The molecule has 0 heterocycles. The number of aryl methyl sites for hydroxylation is 2. The maximum atomic E-state index is 11.0. The van der Waals surface area contributed by atoms with Crippen molar-refractivity contribution in [2.24, 2.45) is 0 Å². The summed E-state index contributed by atoms with van der Waals surface area (Å²) in [7, 11) is 1.62. The molecule has 1 aromatic rings. The molecule has 104 valence electrons. The predicted octanol–water partition coefficient (Wildman–Crippen LogP) is 3.97. The summed E-state index contributed by atoms with van der Waals surface area (Å²) in [4.78, 5) is 11.0. The summed E-state index contributed by atoms with van der Waals surface area (Å²) in [6.07, 6.45) is 4.04. The highest BCUT2D eigenvalue weighted by Crippen LogP contribution is 2.32. The van der Waals surface area contributed by atoms with E-state index in [1.807, 2.05) is 26.0 Å². The zero-order valence-electron chi connectivity index (χ0n) is 12.1. The Morgan fingerprint density at radius 1 is 1.32 bits per heavy atom. The first-order valence-electron chi connectivity index (χ1n) is 6.58. The van der Waals surface area contributed by atoms with Gasteiger partial charge >= 0.3 is 5.97 Å². The van der Waals surface area contributed by atoms with Gasteiger partial charge in [0, 0.05) is 11.6 Å². The van der Waals surface area contributed by atoms with Crippen LogP contribution in [-0.4, -0.2) is 18.2 Å². The van der Waals surface area contributed by atoms with Gasteiger partial charge in [-0.05, 0) is 55.5 Å². The van der Waals surface area contributed by atoms with Gasteiger partial charge in [-0.25, -0.2) is 4.79 Å². The molecule has 1 aromatic carbocycles. The molecular weight excluding hydrogens is 240 g/mol. The second kappa shape index (κ2) is 6.98. The number of carbonyl (C=O) groups is 1. The fourth-order valence-electron chi connectivity index (χ4n) is 2.01. The number of carboxylic acid groups (broad SMARTS) is 1. The molecule has 0 aliphatic rings. The quantitative estimate of drug-likeness (QED) is 0.789. The summed E-state index contributed by atoms with van der Waals surface area (Å²) in [5, 5.41) is 9.01. The van der Waals surface area contributed by atoms with Crippen LogP contribution in [0.15, 0.2) is 18.2 Å². The normalized spacial score (nSPS) is 11.5. The second-order valence-electron chi connectivity index (χ2n) is 4.75. The molecule has 1 rings (SSSR count). The van der Waals surface area contributed by atoms with E-state index in [-0.39, 0.29) is 0 Å². The van der Waals surface area contributed by atoms with Crippen LogP contribution < -0.4 is 4.74 Å². The van der Waals surface area contributed by atoms with Crippen LogP contribution in [0.4, 0.5) is 0 Å². The summed E-state index contributed by atoms with van der Waals surface area (Å²) in [5.74, 6) is -0.168. The van der Waals surface area contributed by atoms with Gasteiger partial charge in [0.2, 0.25) is 0 Å². The summed E-state index contributed by atoms with van der Waals surface area (Å²) >= 11 is 0. The van der Waals surface area contributed by atoms with Crippen LogP contribution in [0, 0.1) is 13.8 Å². The Kier molecular flexibility index (Phi) is 5.61. The van der Waals surface area contributed by atoms with Gasteiger partial charge in [-0.3, -0.25) is 0 Å². The fourth-order valence-corrected chi connectivity index (χ4v) is 2.01. The minimum absolute atomic E-state index is 0.742. The highest BCUT2D eigenvalue weighted by molar-refractivity contribution is 5.91. The summed E-state index contributed by atoms with van der Waals surface area (Å²) in [6, 6.07) is 3.98. The maximum absolute atomic E-state index is 11.0. The fraction of sp³-hybridized carbons (Fsp3) is 0.438. The van der Waals surface area contributed by atoms with E-state index in [1.165, 1.54) is 6.08 Å². The standard InChI is InChI=1S/C16H22O3/c1-5-6-7-13(10-16(17)18)14-8-11(2)12(3)9-15(14)19-4/h8-10H,5-7H2,1-4H3,(H,17,18)/b13-10+. The molecule has 0 radical (unpaired) electrons. The molecule has 3 nitrogen and oxygen atoms in total. The highest BCUT2D eigenvalue weighted by atomic mass is 16.5. The van der Waals surface area contributed by atoms with Gasteiger partial charge in [0.05, 0.1) is 7.11 Å². The van der Waals surface area contributed by atoms with Crippen LogP contribution in [0.1, 0.15) is 42.9 Å². The first kappa shape index (κ1) is 15.3. The number of ether oxygens (including phenoxy) is 1. The Morgan fingerprint density at radius 3 is 2.47 bits per heavy atom. The van der Waals surface area contributed by atoms with Crippen LogP contribution in [-0.2, 0) is 4.79 Å². The number of carboxylic acids is 1. The molecule has 0 amide bonds. The van der Waals surface area contributed by atoms with Crippen molar-refractivity contribution in [3.8, 4) is 5.75 Å². The van der Waals surface area contributed by atoms with Gasteiger partial charge in [0.15, 0.2) is 0 Å². The van der Waals surface area contributed by atoms with E-state index in [1.54, 1.807) is 7.11 Å². The number of benzene rings is 1. The lowest BCUT2D eigenvalue weighted by molar-refractivity contribution is -0.131. The molecule has 0 aliphatic heterocycles. The number of hydrogen-bond donors (Lipinski definition) is 1. The van der Waals surface area contributed by atoms with Crippen molar-refractivity contribution in [1.82, 2.24) is 0 Å². The van der Waals surface area contributed by atoms with E-state index in [0.717, 1.165) is 47.3 Å². The Morgan fingerprint density at radius 2 is 1.95 bits per heavy atom. The monoisotopic (exact) mass is 262 g/mol. The third-order valence-corrected chi connectivity index (χ3v) is 3.26. The zero-order chi connectivity index (χ0) is 14.4. The number of aliphatic carboxylic acids is 1. The molecule has 0 aliphatic carbocycles. The van der Waals surface area contributed by atoms with E-state index >= 15 is 0 Å². The van der Waals surface area contributed by atoms with Crippen molar-refractivity contribution in [3.63, 3.8) is 0 Å². The predicted molar refractivity (Wildman–Crippen MR) is 77.6 cm³/mol. The molecule has 1 N–H and O–H groups in total. The van der Waals surface area contributed by atoms with Crippen molar-refractivity contribution in [1.29, 1.82) is 0 Å². The maximum Gasteiger partial charge on any atom is 0.328 e. The largest absolute Gasteiger partial charge is 0.496 e. The minimum Gasteiger partial charge on any atom is -0.496 e. The molecule has 0 unspecified atom stereocenters. The lowest BCUT2D eigenvalue weighted by Crippen LogP contribution is -1.98. The van der Waals surface area contributed by atoms with Crippen LogP contribution in [0.2, 0.25) is 0 Å². The van der Waals surface area contributed by atoms with E-state index in [2.05, 4.69) is 6.92 Å². The molecule has 0 aromatic heterocycles. The smallest absolute Gasteiger partial charge is 0.328 e. The van der Waals surface area contributed by atoms with Gasteiger partial charge in [-0.15, -0.1) is 0 Å². The van der Waals surface area contributed by atoms with Crippen molar-refractivity contribution in [3.05, 3.63) is 34.9 Å². The van der Waals surface area contributed by atoms with E-state index in [4.69, 9.17) is 9.84 Å². The first-order valence-corrected chi connectivity index (χ1v) is 6.58. The average Bonchev–Trinajstić information content (AvgIpc) is 2.36. The lowest BCUT2D eigenvalue weighted by Gasteiger charge is -2.14. The van der Waals surface area contributed by atoms with Crippen molar-refractivity contribution in [2.45, 2.75) is 40.0 Å². The van der Waals surface area contributed by atoms with Crippen molar-refractivity contribution < 1.29 is 14.6 Å². The average molecular weight is 262 g/mol. The molecule has 0 fully saturated rings. The van der Waals surface area contributed by atoms with Crippen LogP contribution in [0.3, 0.4) is 0 Å². The Balaban J connectivity index is 3.28. The number of rotatable bonds is 6. The van der Waals surface area contributed by atoms with E-state index in [0.29, 0.717) is 0 Å². The number of unbranched alkanes of at least 4 members (excludes halogenated alkanes) is 1. The minimum atomic E-state index is -0.911. The zero-order valence-corrected chi connectivity index (χ0v) is 12.1. The molecule has 0 saturated heterocycles. The van der Waals surface area contributed by atoms with Gasteiger partial charge in [0.1, 0.15) is 5.75 Å². The summed E-state index contributed by atoms with van der Waals surface area (Å²) < 4.78 is 5.39. The third kappa shape index (κ3) is 4.12. The Hall–Kier alpha value is -1.77. The number of hydrogen-bond acceptors (Lipinski definition) is 2. The van der Waals surface area contributed by atoms with Gasteiger partial charge in [-0.1, -0.05) is 13.3 Å². The highest BCUT2D eigenvalue weighted by Gasteiger charge is 2.12. The van der Waals surface area contributed by atoms with E-state index < -0.39 is 5.97 Å². The molecular formula is C16H22O3. The molecule has 0 bridgehead atoms. The SMILES string of the molecule is CCCC/C(=C\C(=O)O)c1cc(C)c(C)cc1OC. The first-order chi connectivity index (χ1) is 8.99. The van der Waals surface area contributed by atoms with Crippen molar-refractivity contribution in [2.75, 3.05) is 7.11 Å². The summed E-state index contributed by atoms with van der Waals surface area (Å²) in [5.41, 5.74) is 4.00. The summed E-state index contributed by atoms with van der Waals surface area (Å²) in [6.45, 7) is 6.14. The third-order valence-electron chi connectivity index (χ3n) is 3.26. The molecule has 0 atom stereocenters. The van der Waals surface area contributed by atoms with Crippen molar-refractivity contribution >= 4 is 11.5 Å². The van der Waals surface area contributed by atoms with Gasteiger partial charge in [-0.2, -0.15) is 0 Å². The number of allylic oxidation sites excluding steroid dienone is 1. The molecule has 0 saturated carbocycles. The molecule has 3 heteroatoms. The van der Waals surface area contributed by atoms with Crippen LogP contribution in [0.5, 0.6) is 5.75 Å². The van der Waals surface area contributed by atoms with E-state index in [9.17, 15) is 4.79 Å². The lowest BCUT2D eigenvalue weighted by atomic mass is 9.95. The Labute approximate surface area is 114 Å². The van der Waals surface area contributed by atoms with Gasteiger partial charge in [0.25, 0.3) is 0 Å². The van der Waals surface area contributed by atoms with Gasteiger partial charge < -0.3 is 9.84 Å². The Bertz CT molecular complexity index is 487. The molecule has 0 spiro atoms. The molecule has 19 heavy (non-hydrogen) atoms. The van der Waals surface area contributed by atoms with Crippen LogP contribution >= 0.6 is 0 Å². The second-order valence-corrected chi connectivity index (χ2v) is 4.75. The number of methoxy groups -OCH3 is 1. The van der Waals surface area contributed by atoms with Crippen LogP contribution in [0.25, 0.3) is 5.57 Å².